The van der Waals surface area contributed by atoms with Crippen LogP contribution in [-0.2, 0) is 19.2 Å². The summed E-state index contributed by atoms with van der Waals surface area (Å²) >= 11 is 0. The lowest BCUT2D eigenvalue weighted by Crippen LogP contribution is -2.51. The van der Waals surface area contributed by atoms with E-state index in [-0.39, 0.29) is 18.5 Å². The SMILES string of the molecule is C=CCN1C(=O)C(=O)N(CC(=O)N2C(C(=O)O)CC3CCCCC32)C1=O. The summed E-state index contributed by atoms with van der Waals surface area (Å²) in [6.07, 6.45) is 5.18. The van der Waals surface area contributed by atoms with Crippen molar-refractivity contribution in [2.75, 3.05) is 13.1 Å². The highest BCUT2D eigenvalue weighted by molar-refractivity contribution is 6.45. The number of aliphatic carboxylic acids is 1. The number of hydrogen-bond donors (Lipinski definition) is 1. The second-order valence-corrected chi connectivity index (χ2v) is 6.88. The van der Waals surface area contributed by atoms with E-state index in [9.17, 15) is 29.1 Å². The van der Waals surface area contributed by atoms with Crippen molar-refractivity contribution in [3.63, 3.8) is 0 Å². The van der Waals surface area contributed by atoms with Gasteiger partial charge in [0.1, 0.15) is 12.6 Å². The van der Waals surface area contributed by atoms with Gasteiger partial charge in [0.25, 0.3) is 0 Å². The van der Waals surface area contributed by atoms with Crippen LogP contribution in [0.15, 0.2) is 12.7 Å². The van der Waals surface area contributed by atoms with Gasteiger partial charge in [0.2, 0.25) is 5.91 Å². The molecule has 26 heavy (non-hydrogen) atoms. The Bertz CT molecular complexity index is 690. The molecular formula is C17H21N3O6. The van der Waals surface area contributed by atoms with Crippen molar-refractivity contribution in [3.05, 3.63) is 12.7 Å². The molecule has 2 saturated heterocycles. The molecule has 0 bridgehead atoms. The number of amides is 5. The minimum atomic E-state index is -1.09. The Balaban J connectivity index is 1.78. The Hall–Kier alpha value is -2.71. The van der Waals surface area contributed by atoms with Gasteiger partial charge in [-0.1, -0.05) is 18.9 Å². The molecule has 1 N–H and O–H groups in total. The van der Waals surface area contributed by atoms with E-state index in [2.05, 4.69) is 6.58 Å². The molecule has 140 valence electrons. The zero-order valence-electron chi connectivity index (χ0n) is 14.3. The third kappa shape index (κ3) is 2.87. The van der Waals surface area contributed by atoms with E-state index in [4.69, 9.17) is 0 Å². The van der Waals surface area contributed by atoms with Crippen molar-refractivity contribution in [1.82, 2.24) is 14.7 Å². The van der Waals surface area contributed by atoms with Gasteiger partial charge in [0, 0.05) is 12.6 Å². The lowest BCUT2D eigenvalue weighted by atomic mass is 9.85. The van der Waals surface area contributed by atoms with Gasteiger partial charge in [-0.3, -0.25) is 19.3 Å². The van der Waals surface area contributed by atoms with Crippen molar-refractivity contribution >= 4 is 29.7 Å². The summed E-state index contributed by atoms with van der Waals surface area (Å²) in [7, 11) is 0. The maximum absolute atomic E-state index is 12.8. The fourth-order valence-corrected chi connectivity index (χ4v) is 4.24. The summed E-state index contributed by atoms with van der Waals surface area (Å²) in [5, 5.41) is 9.48. The molecule has 5 amide bonds. The molecule has 1 saturated carbocycles. The van der Waals surface area contributed by atoms with Crippen molar-refractivity contribution in [2.24, 2.45) is 5.92 Å². The van der Waals surface area contributed by atoms with E-state index in [1.54, 1.807) is 0 Å². The number of hydrogen-bond acceptors (Lipinski definition) is 5. The Morgan fingerprint density at radius 2 is 1.77 bits per heavy atom. The number of rotatable bonds is 5. The third-order valence-corrected chi connectivity index (χ3v) is 5.40. The molecule has 2 heterocycles. The van der Waals surface area contributed by atoms with Crippen LogP contribution in [0.25, 0.3) is 0 Å². The zero-order valence-corrected chi connectivity index (χ0v) is 14.3. The van der Waals surface area contributed by atoms with Gasteiger partial charge in [-0.2, -0.15) is 0 Å². The summed E-state index contributed by atoms with van der Waals surface area (Å²) in [5.74, 6) is -3.65. The number of fused-ring (bicyclic) bond motifs is 1. The zero-order chi connectivity index (χ0) is 19.0. The number of nitrogens with zero attached hydrogens (tertiary/aromatic N) is 3. The molecule has 3 fully saturated rings. The van der Waals surface area contributed by atoms with Crippen LogP contribution in [0.2, 0.25) is 0 Å². The minimum absolute atomic E-state index is 0.123. The van der Waals surface area contributed by atoms with Gasteiger partial charge in [-0.05, 0) is 25.2 Å². The molecule has 9 nitrogen and oxygen atoms in total. The van der Waals surface area contributed by atoms with Gasteiger partial charge in [-0.25, -0.2) is 14.5 Å². The van der Waals surface area contributed by atoms with E-state index in [0.29, 0.717) is 22.6 Å². The minimum Gasteiger partial charge on any atom is -0.480 e. The summed E-state index contributed by atoms with van der Waals surface area (Å²) in [4.78, 5) is 63.2. The second kappa shape index (κ2) is 6.89. The van der Waals surface area contributed by atoms with Gasteiger partial charge < -0.3 is 10.0 Å². The highest BCUT2D eigenvalue weighted by Crippen LogP contribution is 2.40. The fraction of sp³-hybridized carbons (Fsp3) is 0.588. The smallest absolute Gasteiger partial charge is 0.335 e. The number of urea groups is 1. The fourth-order valence-electron chi connectivity index (χ4n) is 4.24. The molecule has 2 aliphatic heterocycles. The average Bonchev–Trinajstić information content (AvgIpc) is 3.09. The largest absolute Gasteiger partial charge is 0.480 e. The van der Waals surface area contributed by atoms with Crippen molar-refractivity contribution in [1.29, 1.82) is 0 Å². The molecule has 0 aromatic rings. The van der Waals surface area contributed by atoms with Crippen LogP contribution < -0.4 is 0 Å². The Morgan fingerprint density at radius 3 is 2.42 bits per heavy atom. The third-order valence-electron chi connectivity index (χ3n) is 5.40. The van der Waals surface area contributed by atoms with Gasteiger partial charge in [0.15, 0.2) is 0 Å². The van der Waals surface area contributed by atoms with Crippen molar-refractivity contribution in [2.45, 2.75) is 44.2 Å². The summed E-state index contributed by atoms with van der Waals surface area (Å²) < 4.78 is 0. The van der Waals surface area contributed by atoms with Gasteiger partial charge in [0.05, 0.1) is 0 Å². The molecule has 3 atom stereocenters. The number of carbonyl (C=O) groups excluding carboxylic acids is 4. The Kier molecular flexibility index (Phi) is 4.80. The predicted molar refractivity (Wildman–Crippen MR) is 87.7 cm³/mol. The summed E-state index contributed by atoms with van der Waals surface area (Å²) in [6.45, 7) is 2.68. The van der Waals surface area contributed by atoms with E-state index >= 15 is 0 Å². The van der Waals surface area contributed by atoms with Crippen LogP contribution in [0.5, 0.6) is 0 Å². The number of carbonyl (C=O) groups is 5. The maximum Gasteiger partial charge on any atom is 0.335 e. The molecule has 1 aliphatic carbocycles. The topological polar surface area (TPSA) is 115 Å². The van der Waals surface area contributed by atoms with Crippen molar-refractivity contribution < 1.29 is 29.1 Å². The lowest BCUT2D eigenvalue weighted by molar-refractivity contribution is -0.151. The van der Waals surface area contributed by atoms with Crippen LogP contribution in [0.4, 0.5) is 4.79 Å². The van der Waals surface area contributed by atoms with E-state index in [1.807, 2.05) is 0 Å². The monoisotopic (exact) mass is 363 g/mol. The highest BCUT2D eigenvalue weighted by Gasteiger charge is 2.50. The molecule has 0 spiro atoms. The van der Waals surface area contributed by atoms with E-state index in [0.717, 1.165) is 19.3 Å². The standard InChI is InChI=1S/C17H21N3O6/c1-2-7-18-14(22)15(23)19(17(18)26)9-13(21)20-11-6-4-3-5-10(11)8-12(20)16(24)25/h2,10-12H,1,3-9H2,(H,24,25). The molecule has 0 aromatic carbocycles. The molecule has 3 aliphatic rings. The first-order valence-electron chi connectivity index (χ1n) is 8.69. The predicted octanol–water partition coefficient (Wildman–Crippen LogP) is 0.208. The first-order valence-corrected chi connectivity index (χ1v) is 8.69. The van der Waals surface area contributed by atoms with Crippen LogP contribution in [0.3, 0.4) is 0 Å². The Morgan fingerprint density at radius 1 is 1.12 bits per heavy atom. The normalized spacial score (nSPS) is 28.5. The van der Waals surface area contributed by atoms with Crippen LogP contribution in [-0.4, -0.2) is 74.7 Å². The lowest BCUT2D eigenvalue weighted by Gasteiger charge is -2.33. The first kappa shape index (κ1) is 18.1. The Labute approximate surface area is 150 Å². The van der Waals surface area contributed by atoms with E-state index < -0.39 is 42.3 Å². The molecule has 9 heteroatoms. The number of carboxylic acid groups (broad SMARTS) is 1. The highest BCUT2D eigenvalue weighted by atomic mass is 16.4. The molecule has 0 radical (unpaired) electrons. The van der Waals surface area contributed by atoms with Gasteiger partial charge >= 0.3 is 23.8 Å². The molecule has 0 aromatic heterocycles. The number of imide groups is 2. The van der Waals surface area contributed by atoms with Crippen molar-refractivity contribution in [3.8, 4) is 0 Å². The number of carboxylic acids is 1. The quantitative estimate of drug-likeness (QED) is 0.424. The summed E-state index contributed by atoms with van der Waals surface area (Å²) in [5.41, 5.74) is 0. The van der Waals surface area contributed by atoms with Crippen LogP contribution in [0, 0.1) is 5.92 Å². The van der Waals surface area contributed by atoms with Crippen LogP contribution in [0.1, 0.15) is 32.1 Å². The maximum atomic E-state index is 12.8. The molecule has 3 unspecified atom stereocenters. The molecular weight excluding hydrogens is 342 g/mol. The summed E-state index contributed by atoms with van der Waals surface area (Å²) in [6, 6.07) is -2.02. The molecule has 3 rings (SSSR count). The average molecular weight is 363 g/mol. The van der Waals surface area contributed by atoms with Gasteiger partial charge in [-0.15, -0.1) is 6.58 Å². The van der Waals surface area contributed by atoms with Crippen LogP contribution >= 0.6 is 0 Å². The second-order valence-electron chi connectivity index (χ2n) is 6.88. The number of likely N-dealkylation sites (tertiary alicyclic amines) is 1. The first-order chi connectivity index (χ1) is 12.4. The van der Waals surface area contributed by atoms with E-state index in [1.165, 1.54) is 11.0 Å².